The van der Waals surface area contributed by atoms with Crippen LogP contribution in [-0.2, 0) is 0 Å². The summed E-state index contributed by atoms with van der Waals surface area (Å²) in [5, 5.41) is 4.87. The molecule has 26 heavy (non-hydrogen) atoms. The van der Waals surface area contributed by atoms with Crippen LogP contribution in [0.15, 0.2) is 36.8 Å². The van der Waals surface area contributed by atoms with E-state index < -0.39 is 0 Å². The lowest BCUT2D eigenvalue weighted by molar-refractivity contribution is 0.185. The molecule has 0 bridgehead atoms. The van der Waals surface area contributed by atoms with Crippen molar-refractivity contribution in [3.05, 3.63) is 48.2 Å². The van der Waals surface area contributed by atoms with Gasteiger partial charge in [0, 0.05) is 43.2 Å². The summed E-state index contributed by atoms with van der Waals surface area (Å²) < 4.78 is 2.08. The molecule has 0 saturated carbocycles. The molecule has 3 aromatic heterocycles. The lowest BCUT2D eigenvalue weighted by Crippen LogP contribution is -2.37. The van der Waals surface area contributed by atoms with Crippen LogP contribution in [0.1, 0.15) is 44.0 Å². The number of pyridine rings is 1. The molecule has 0 N–H and O–H groups in total. The second-order valence-corrected chi connectivity index (χ2v) is 7.79. The molecule has 0 aromatic carbocycles. The highest BCUT2D eigenvalue weighted by atomic mass is 15.3. The maximum atomic E-state index is 4.87. The largest absolute Gasteiger partial charge is 0.302 e. The summed E-state index contributed by atoms with van der Waals surface area (Å²) >= 11 is 0. The Hall–Kier alpha value is -2.27. The molecular formula is C21H27N5. The predicted molar refractivity (Wildman–Crippen MR) is 104 cm³/mol. The summed E-state index contributed by atoms with van der Waals surface area (Å²) in [6.07, 6.45) is 8.06. The van der Waals surface area contributed by atoms with Crippen molar-refractivity contribution in [2.75, 3.05) is 19.6 Å². The van der Waals surface area contributed by atoms with E-state index in [4.69, 9.17) is 5.10 Å². The molecule has 1 aliphatic rings. The number of aromatic nitrogens is 4. The molecular weight excluding hydrogens is 322 g/mol. The third kappa shape index (κ3) is 3.23. The first-order chi connectivity index (χ1) is 12.6. The van der Waals surface area contributed by atoms with Gasteiger partial charge in [-0.15, -0.1) is 0 Å². The number of piperidine rings is 1. The Morgan fingerprint density at radius 3 is 2.73 bits per heavy atom. The standard InChI is InChI=1S/C21H27N5/c1-15(2)13-25-12-4-5-18(14-25)19-8-11-23-21-20(16(3)24-26(19)21)17-6-9-22-10-7-17/h6-11,15,18H,4-5,12-14H2,1-3H3. The van der Waals surface area contributed by atoms with Crippen LogP contribution in [0, 0.1) is 12.8 Å². The smallest absolute Gasteiger partial charge is 0.163 e. The molecule has 1 unspecified atom stereocenters. The van der Waals surface area contributed by atoms with Crippen molar-refractivity contribution in [3.63, 3.8) is 0 Å². The van der Waals surface area contributed by atoms with Crippen molar-refractivity contribution in [2.45, 2.75) is 39.5 Å². The molecule has 1 atom stereocenters. The topological polar surface area (TPSA) is 46.3 Å². The molecule has 0 radical (unpaired) electrons. The van der Waals surface area contributed by atoms with Gasteiger partial charge in [0.2, 0.25) is 0 Å². The van der Waals surface area contributed by atoms with Gasteiger partial charge in [0.25, 0.3) is 0 Å². The Kier molecular flexibility index (Phi) is 4.72. The molecule has 5 nitrogen and oxygen atoms in total. The van der Waals surface area contributed by atoms with E-state index in [9.17, 15) is 0 Å². The number of nitrogens with zero attached hydrogens (tertiary/aromatic N) is 5. The summed E-state index contributed by atoms with van der Waals surface area (Å²) in [4.78, 5) is 11.4. The van der Waals surface area contributed by atoms with Gasteiger partial charge in [0.15, 0.2) is 5.65 Å². The Balaban J connectivity index is 1.73. The summed E-state index contributed by atoms with van der Waals surface area (Å²) in [6.45, 7) is 10.2. The minimum atomic E-state index is 0.512. The molecule has 4 rings (SSSR count). The zero-order valence-electron chi connectivity index (χ0n) is 15.9. The van der Waals surface area contributed by atoms with Crippen molar-refractivity contribution in [1.82, 2.24) is 24.5 Å². The summed E-state index contributed by atoms with van der Waals surface area (Å²) in [5.41, 5.74) is 5.50. The Morgan fingerprint density at radius 1 is 1.15 bits per heavy atom. The molecule has 1 aliphatic heterocycles. The average molecular weight is 349 g/mol. The normalized spacial score (nSPS) is 18.7. The predicted octanol–water partition coefficient (Wildman–Crippen LogP) is 3.94. The minimum absolute atomic E-state index is 0.512. The SMILES string of the molecule is Cc1nn2c(C3CCCN(CC(C)C)C3)ccnc2c1-c1ccncc1. The zero-order valence-corrected chi connectivity index (χ0v) is 15.9. The van der Waals surface area contributed by atoms with E-state index in [0.717, 1.165) is 29.0 Å². The van der Waals surface area contributed by atoms with Gasteiger partial charge in [-0.25, -0.2) is 9.50 Å². The van der Waals surface area contributed by atoms with Gasteiger partial charge in [0.1, 0.15) is 0 Å². The summed E-state index contributed by atoms with van der Waals surface area (Å²) in [7, 11) is 0. The quantitative estimate of drug-likeness (QED) is 0.716. The monoisotopic (exact) mass is 349 g/mol. The maximum Gasteiger partial charge on any atom is 0.163 e. The van der Waals surface area contributed by atoms with Crippen molar-refractivity contribution < 1.29 is 0 Å². The Morgan fingerprint density at radius 2 is 1.96 bits per heavy atom. The van der Waals surface area contributed by atoms with E-state index >= 15 is 0 Å². The van der Waals surface area contributed by atoms with Gasteiger partial charge in [0.05, 0.1) is 11.4 Å². The van der Waals surface area contributed by atoms with Crippen LogP contribution in [-0.4, -0.2) is 44.1 Å². The van der Waals surface area contributed by atoms with Gasteiger partial charge >= 0.3 is 0 Å². The molecule has 0 spiro atoms. The number of fused-ring (bicyclic) bond motifs is 1. The molecule has 4 heterocycles. The minimum Gasteiger partial charge on any atom is -0.302 e. The fourth-order valence-corrected chi connectivity index (χ4v) is 4.21. The van der Waals surface area contributed by atoms with Crippen LogP contribution in [0.5, 0.6) is 0 Å². The molecule has 0 aliphatic carbocycles. The van der Waals surface area contributed by atoms with Crippen LogP contribution in [0.4, 0.5) is 0 Å². The number of rotatable bonds is 4. The lowest BCUT2D eigenvalue weighted by atomic mass is 9.94. The van der Waals surface area contributed by atoms with Gasteiger partial charge in [-0.05, 0) is 56.0 Å². The van der Waals surface area contributed by atoms with Crippen LogP contribution in [0.2, 0.25) is 0 Å². The number of aryl methyl sites for hydroxylation is 1. The first kappa shape index (κ1) is 17.2. The first-order valence-electron chi connectivity index (χ1n) is 9.60. The number of hydrogen-bond acceptors (Lipinski definition) is 4. The lowest BCUT2D eigenvalue weighted by Gasteiger charge is -2.33. The second kappa shape index (κ2) is 7.16. The van der Waals surface area contributed by atoms with Gasteiger partial charge in [-0.3, -0.25) is 4.98 Å². The molecule has 1 saturated heterocycles. The molecule has 3 aromatic rings. The fraction of sp³-hybridized carbons (Fsp3) is 0.476. The first-order valence-corrected chi connectivity index (χ1v) is 9.60. The highest BCUT2D eigenvalue weighted by Crippen LogP contribution is 2.31. The van der Waals surface area contributed by atoms with Crippen molar-refractivity contribution in [2.24, 2.45) is 5.92 Å². The van der Waals surface area contributed by atoms with E-state index in [1.54, 1.807) is 0 Å². The third-order valence-corrected chi connectivity index (χ3v) is 5.24. The Bertz CT molecular complexity index is 884. The van der Waals surface area contributed by atoms with E-state index in [1.807, 2.05) is 30.7 Å². The third-order valence-electron chi connectivity index (χ3n) is 5.24. The van der Waals surface area contributed by atoms with Crippen LogP contribution >= 0.6 is 0 Å². The van der Waals surface area contributed by atoms with E-state index in [0.29, 0.717) is 11.8 Å². The van der Waals surface area contributed by atoms with Gasteiger partial charge in [-0.1, -0.05) is 13.8 Å². The number of likely N-dealkylation sites (tertiary alicyclic amines) is 1. The van der Waals surface area contributed by atoms with Crippen molar-refractivity contribution in [3.8, 4) is 11.1 Å². The number of hydrogen-bond donors (Lipinski definition) is 0. The molecule has 136 valence electrons. The Labute approximate surface area is 155 Å². The second-order valence-electron chi connectivity index (χ2n) is 7.79. The van der Waals surface area contributed by atoms with Crippen molar-refractivity contribution >= 4 is 5.65 Å². The maximum absolute atomic E-state index is 4.87. The van der Waals surface area contributed by atoms with Crippen LogP contribution in [0.25, 0.3) is 16.8 Å². The van der Waals surface area contributed by atoms with E-state index in [2.05, 4.69) is 46.2 Å². The summed E-state index contributed by atoms with van der Waals surface area (Å²) in [5.74, 6) is 1.22. The highest BCUT2D eigenvalue weighted by molar-refractivity contribution is 5.79. The zero-order chi connectivity index (χ0) is 18.1. The molecule has 1 fully saturated rings. The fourth-order valence-electron chi connectivity index (χ4n) is 4.21. The van der Waals surface area contributed by atoms with Gasteiger partial charge in [-0.2, -0.15) is 5.10 Å². The molecule has 0 amide bonds. The highest BCUT2D eigenvalue weighted by Gasteiger charge is 2.25. The van der Waals surface area contributed by atoms with Crippen LogP contribution < -0.4 is 0 Å². The average Bonchev–Trinajstić information content (AvgIpc) is 2.98. The van der Waals surface area contributed by atoms with Crippen molar-refractivity contribution in [1.29, 1.82) is 0 Å². The van der Waals surface area contributed by atoms with Crippen LogP contribution in [0.3, 0.4) is 0 Å². The molecule has 5 heteroatoms. The van der Waals surface area contributed by atoms with E-state index in [1.165, 1.54) is 31.6 Å². The van der Waals surface area contributed by atoms with Gasteiger partial charge < -0.3 is 4.90 Å². The summed E-state index contributed by atoms with van der Waals surface area (Å²) in [6, 6.07) is 6.21. The van der Waals surface area contributed by atoms with E-state index in [-0.39, 0.29) is 0 Å².